The van der Waals surface area contributed by atoms with E-state index < -0.39 is 0 Å². The molecular weight excluding hydrogens is 344 g/mol. The van der Waals surface area contributed by atoms with Gasteiger partial charge in [0, 0.05) is 11.1 Å². The van der Waals surface area contributed by atoms with Gasteiger partial charge in [0.05, 0.1) is 24.2 Å². The van der Waals surface area contributed by atoms with Gasteiger partial charge < -0.3 is 14.5 Å². The summed E-state index contributed by atoms with van der Waals surface area (Å²) < 4.78 is 11.6. The van der Waals surface area contributed by atoms with E-state index in [0.29, 0.717) is 30.4 Å². The van der Waals surface area contributed by atoms with Gasteiger partial charge >= 0.3 is 0 Å². The first-order chi connectivity index (χ1) is 13.2. The number of carbonyl (C=O) groups excluding carboxylic acids is 1. The molecule has 7 heteroatoms. The SMILES string of the molecule is CCCCOc1ccc(-c2nc3ccc(C(=O)NN)cc3[nH]2)cc1OCC. The molecule has 0 aliphatic rings. The number of hydrazine groups is 1. The number of carbonyl (C=O) groups is 1. The summed E-state index contributed by atoms with van der Waals surface area (Å²) in [5.74, 6) is 6.96. The Balaban J connectivity index is 1.92. The fourth-order valence-electron chi connectivity index (χ4n) is 2.74. The molecule has 0 aliphatic carbocycles. The largest absolute Gasteiger partial charge is 0.490 e. The third-order valence-corrected chi connectivity index (χ3v) is 4.15. The highest BCUT2D eigenvalue weighted by Crippen LogP contribution is 2.33. The number of aromatic amines is 1. The Labute approximate surface area is 157 Å². The number of nitrogens with zero attached hydrogens (tertiary/aromatic N) is 1. The van der Waals surface area contributed by atoms with Crippen LogP contribution in [0.4, 0.5) is 0 Å². The molecule has 1 aromatic heterocycles. The molecule has 3 rings (SSSR count). The van der Waals surface area contributed by atoms with Gasteiger partial charge in [-0.3, -0.25) is 10.2 Å². The number of hydrogen-bond acceptors (Lipinski definition) is 5. The van der Waals surface area contributed by atoms with Gasteiger partial charge in [-0.2, -0.15) is 0 Å². The molecule has 0 spiro atoms. The van der Waals surface area contributed by atoms with Crippen LogP contribution in [0.5, 0.6) is 11.5 Å². The Morgan fingerprint density at radius 2 is 2.00 bits per heavy atom. The normalized spacial score (nSPS) is 10.8. The van der Waals surface area contributed by atoms with Gasteiger partial charge in [-0.15, -0.1) is 0 Å². The van der Waals surface area contributed by atoms with Crippen molar-refractivity contribution in [2.24, 2.45) is 5.84 Å². The molecule has 7 nitrogen and oxygen atoms in total. The summed E-state index contributed by atoms with van der Waals surface area (Å²) in [6.07, 6.45) is 2.07. The summed E-state index contributed by atoms with van der Waals surface area (Å²) in [5, 5.41) is 0. The smallest absolute Gasteiger partial charge is 0.265 e. The molecule has 2 aromatic carbocycles. The van der Waals surface area contributed by atoms with Crippen molar-refractivity contribution < 1.29 is 14.3 Å². The number of nitrogens with one attached hydrogen (secondary N) is 2. The number of ether oxygens (including phenoxy) is 2. The van der Waals surface area contributed by atoms with E-state index in [2.05, 4.69) is 22.3 Å². The fraction of sp³-hybridized carbons (Fsp3) is 0.300. The number of unbranched alkanes of at least 4 members (excludes halogenated alkanes) is 1. The first kappa shape index (κ1) is 18.7. The van der Waals surface area contributed by atoms with Gasteiger partial charge in [0.15, 0.2) is 11.5 Å². The van der Waals surface area contributed by atoms with E-state index in [0.717, 1.165) is 35.2 Å². The standard InChI is InChI=1S/C20H24N4O3/c1-3-5-10-27-17-9-7-13(12-18(17)26-4-2)19-22-15-8-6-14(20(25)24-21)11-16(15)23-19/h6-9,11-12H,3-5,10,21H2,1-2H3,(H,22,23)(H,24,25). The second-order valence-electron chi connectivity index (χ2n) is 6.09. The first-order valence-electron chi connectivity index (χ1n) is 9.07. The van der Waals surface area contributed by atoms with Gasteiger partial charge in [-0.25, -0.2) is 10.8 Å². The number of H-pyrrole nitrogens is 1. The summed E-state index contributed by atoms with van der Waals surface area (Å²) in [5.41, 5.74) is 4.99. The number of aromatic nitrogens is 2. The lowest BCUT2D eigenvalue weighted by molar-refractivity contribution is 0.0954. The number of amides is 1. The predicted molar refractivity (Wildman–Crippen MR) is 105 cm³/mol. The average Bonchev–Trinajstić information content (AvgIpc) is 3.12. The molecule has 0 unspecified atom stereocenters. The lowest BCUT2D eigenvalue weighted by Crippen LogP contribution is -2.29. The molecule has 0 aliphatic heterocycles. The van der Waals surface area contributed by atoms with Crippen molar-refractivity contribution in [3.63, 3.8) is 0 Å². The van der Waals surface area contributed by atoms with E-state index in [1.165, 1.54) is 0 Å². The number of benzene rings is 2. The predicted octanol–water partition coefficient (Wildman–Crippen LogP) is 3.41. The Morgan fingerprint density at radius 1 is 1.15 bits per heavy atom. The first-order valence-corrected chi connectivity index (χ1v) is 9.07. The van der Waals surface area contributed by atoms with Crippen LogP contribution in [0.2, 0.25) is 0 Å². The van der Waals surface area contributed by atoms with E-state index in [-0.39, 0.29) is 5.91 Å². The Morgan fingerprint density at radius 3 is 2.74 bits per heavy atom. The molecule has 142 valence electrons. The van der Waals surface area contributed by atoms with Gasteiger partial charge in [0.1, 0.15) is 5.82 Å². The van der Waals surface area contributed by atoms with Crippen molar-refractivity contribution >= 4 is 16.9 Å². The maximum atomic E-state index is 11.7. The van der Waals surface area contributed by atoms with Crippen LogP contribution in [0.3, 0.4) is 0 Å². The summed E-state index contributed by atoms with van der Waals surface area (Å²) in [4.78, 5) is 19.5. The third-order valence-electron chi connectivity index (χ3n) is 4.15. The third kappa shape index (κ3) is 4.20. The maximum absolute atomic E-state index is 11.7. The molecule has 1 amide bonds. The zero-order valence-corrected chi connectivity index (χ0v) is 15.5. The number of hydrogen-bond donors (Lipinski definition) is 3. The summed E-state index contributed by atoms with van der Waals surface area (Å²) >= 11 is 0. The molecule has 1 heterocycles. The highest BCUT2D eigenvalue weighted by Gasteiger charge is 2.12. The van der Waals surface area contributed by atoms with Crippen LogP contribution in [-0.4, -0.2) is 29.1 Å². The van der Waals surface area contributed by atoms with Crippen LogP contribution >= 0.6 is 0 Å². The minimum atomic E-state index is -0.347. The summed E-state index contributed by atoms with van der Waals surface area (Å²) in [6, 6.07) is 10.9. The molecule has 0 bridgehead atoms. The van der Waals surface area contributed by atoms with Gasteiger partial charge in [-0.05, 0) is 49.7 Å². The molecule has 4 N–H and O–H groups in total. The quantitative estimate of drug-likeness (QED) is 0.245. The van der Waals surface area contributed by atoms with Crippen LogP contribution < -0.4 is 20.7 Å². The topological polar surface area (TPSA) is 102 Å². The summed E-state index contributed by atoms with van der Waals surface area (Å²) in [7, 11) is 0. The van der Waals surface area contributed by atoms with Crippen molar-refractivity contribution in [3.05, 3.63) is 42.0 Å². The lowest BCUT2D eigenvalue weighted by atomic mass is 10.2. The van der Waals surface area contributed by atoms with Crippen LogP contribution in [0.1, 0.15) is 37.0 Å². The van der Waals surface area contributed by atoms with E-state index >= 15 is 0 Å². The van der Waals surface area contributed by atoms with Crippen molar-refractivity contribution in [1.82, 2.24) is 15.4 Å². The van der Waals surface area contributed by atoms with Crippen molar-refractivity contribution in [3.8, 4) is 22.9 Å². The highest BCUT2D eigenvalue weighted by atomic mass is 16.5. The minimum Gasteiger partial charge on any atom is -0.490 e. The number of nitrogen functional groups attached to an aromatic ring is 1. The monoisotopic (exact) mass is 368 g/mol. The molecular formula is C20H24N4O3. The van der Waals surface area contributed by atoms with Crippen LogP contribution in [0.25, 0.3) is 22.4 Å². The fourth-order valence-corrected chi connectivity index (χ4v) is 2.74. The molecule has 0 saturated carbocycles. The number of imidazole rings is 1. The van der Waals surface area contributed by atoms with E-state index in [1.54, 1.807) is 18.2 Å². The number of nitrogens with two attached hydrogens (primary N) is 1. The molecule has 27 heavy (non-hydrogen) atoms. The van der Waals surface area contributed by atoms with Crippen LogP contribution in [-0.2, 0) is 0 Å². The molecule has 0 saturated heterocycles. The second-order valence-corrected chi connectivity index (χ2v) is 6.09. The number of rotatable bonds is 8. The molecule has 3 aromatic rings. The zero-order chi connectivity index (χ0) is 19.2. The Bertz CT molecular complexity index is 936. The van der Waals surface area contributed by atoms with Gasteiger partial charge in [0.25, 0.3) is 5.91 Å². The van der Waals surface area contributed by atoms with Crippen molar-refractivity contribution in [1.29, 1.82) is 0 Å². The van der Waals surface area contributed by atoms with E-state index in [1.807, 2.05) is 25.1 Å². The minimum absolute atomic E-state index is 0.347. The van der Waals surface area contributed by atoms with Crippen molar-refractivity contribution in [2.75, 3.05) is 13.2 Å². The van der Waals surface area contributed by atoms with Gasteiger partial charge in [0.2, 0.25) is 0 Å². The molecule has 0 atom stereocenters. The van der Waals surface area contributed by atoms with Gasteiger partial charge in [-0.1, -0.05) is 13.3 Å². The Kier molecular flexibility index (Phi) is 5.93. The van der Waals surface area contributed by atoms with E-state index in [9.17, 15) is 4.79 Å². The van der Waals surface area contributed by atoms with Crippen molar-refractivity contribution in [2.45, 2.75) is 26.7 Å². The van der Waals surface area contributed by atoms with Crippen LogP contribution in [0.15, 0.2) is 36.4 Å². The van der Waals surface area contributed by atoms with Crippen LogP contribution in [0, 0.1) is 0 Å². The zero-order valence-electron chi connectivity index (χ0n) is 15.5. The molecule has 0 fully saturated rings. The average molecular weight is 368 g/mol. The highest BCUT2D eigenvalue weighted by molar-refractivity contribution is 5.97. The second kappa shape index (κ2) is 8.55. The lowest BCUT2D eigenvalue weighted by Gasteiger charge is -2.12. The Hall–Kier alpha value is -3.06. The maximum Gasteiger partial charge on any atom is 0.265 e. The summed E-state index contributed by atoms with van der Waals surface area (Å²) in [6.45, 7) is 5.27. The number of fused-ring (bicyclic) bond motifs is 1. The van der Waals surface area contributed by atoms with E-state index in [4.69, 9.17) is 15.3 Å². The molecule has 0 radical (unpaired) electrons.